The highest BCUT2D eigenvalue weighted by molar-refractivity contribution is 5.94. The van der Waals surface area contributed by atoms with Crippen LogP contribution in [0.3, 0.4) is 0 Å². The van der Waals surface area contributed by atoms with Gasteiger partial charge >= 0.3 is 0 Å². The Bertz CT molecular complexity index is 821. The van der Waals surface area contributed by atoms with Gasteiger partial charge in [0.1, 0.15) is 5.82 Å². The Morgan fingerprint density at radius 3 is 2.37 bits per heavy atom. The van der Waals surface area contributed by atoms with Crippen LogP contribution >= 0.6 is 0 Å². The van der Waals surface area contributed by atoms with Crippen LogP contribution in [0.15, 0.2) is 36.4 Å². The standard InChI is InChI=1S/C24H36N4O2/c1-6-8-9-13-16-23(30)27(7-2)18-22(29)25-21-17-20(24(3,4)5)26-28(21)19-14-11-10-12-15-19/h10-12,14-15,17H,6-9,13,16,18H2,1-5H3,(H,25,29). The van der Waals surface area contributed by atoms with E-state index in [2.05, 4.69) is 33.0 Å². The van der Waals surface area contributed by atoms with Crippen LogP contribution in [-0.2, 0) is 15.0 Å². The normalized spacial score (nSPS) is 11.4. The lowest BCUT2D eigenvalue weighted by Crippen LogP contribution is -2.38. The number of likely N-dealkylation sites (N-methyl/N-ethyl adjacent to an activating group) is 1. The van der Waals surface area contributed by atoms with Gasteiger partial charge in [0.2, 0.25) is 11.8 Å². The molecule has 0 saturated heterocycles. The van der Waals surface area contributed by atoms with Crippen LogP contribution in [0.5, 0.6) is 0 Å². The quantitative estimate of drug-likeness (QED) is 0.563. The minimum atomic E-state index is -0.212. The number of hydrogen-bond acceptors (Lipinski definition) is 3. The number of nitrogens with zero attached hydrogens (tertiary/aromatic N) is 3. The molecule has 2 aromatic rings. The van der Waals surface area contributed by atoms with Crippen molar-refractivity contribution < 1.29 is 9.59 Å². The average molecular weight is 413 g/mol. The second-order valence-electron chi connectivity index (χ2n) is 8.68. The third-order valence-corrected chi connectivity index (χ3v) is 5.06. The molecule has 0 aliphatic carbocycles. The summed E-state index contributed by atoms with van der Waals surface area (Å²) in [4.78, 5) is 26.9. The zero-order chi connectivity index (χ0) is 22.1. The number of para-hydroxylation sites is 1. The van der Waals surface area contributed by atoms with E-state index in [9.17, 15) is 9.59 Å². The molecule has 1 N–H and O–H groups in total. The highest BCUT2D eigenvalue weighted by Crippen LogP contribution is 2.26. The van der Waals surface area contributed by atoms with Gasteiger partial charge < -0.3 is 10.2 Å². The van der Waals surface area contributed by atoms with E-state index in [-0.39, 0.29) is 23.8 Å². The van der Waals surface area contributed by atoms with E-state index in [1.54, 1.807) is 9.58 Å². The number of rotatable bonds is 10. The molecule has 0 fully saturated rings. The van der Waals surface area contributed by atoms with Crippen molar-refractivity contribution in [2.24, 2.45) is 0 Å². The maximum absolute atomic E-state index is 12.8. The molecular formula is C24H36N4O2. The predicted molar refractivity (Wildman–Crippen MR) is 122 cm³/mol. The van der Waals surface area contributed by atoms with Gasteiger partial charge in [0.25, 0.3) is 0 Å². The fourth-order valence-corrected chi connectivity index (χ4v) is 3.20. The number of amides is 2. The summed E-state index contributed by atoms with van der Waals surface area (Å²) >= 11 is 0. The molecule has 1 heterocycles. The first-order valence-electron chi connectivity index (χ1n) is 11.0. The van der Waals surface area contributed by atoms with Crippen molar-refractivity contribution in [3.63, 3.8) is 0 Å². The number of hydrogen-bond donors (Lipinski definition) is 1. The molecule has 2 rings (SSSR count). The largest absolute Gasteiger partial charge is 0.334 e. The van der Waals surface area contributed by atoms with Gasteiger partial charge in [0.05, 0.1) is 17.9 Å². The van der Waals surface area contributed by atoms with Crippen LogP contribution in [0.2, 0.25) is 0 Å². The van der Waals surface area contributed by atoms with Crippen molar-refractivity contribution in [2.75, 3.05) is 18.4 Å². The summed E-state index contributed by atoms with van der Waals surface area (Å²) < 4.78 is 1.75. The molecule has 1 aromatic heterocycles. The molecule has 0 atom stereocenters. The number of nitrogens with one attached hydrogen (secondary N) is 1. The summed E-state index contributed by atoms with van der Waals surface area (Å²) in [6.45, 7) is 10.9. The van der Waals surface area contributed by atoms with Crippen LogP contribution in [0.1, 0.15) is 72.4 Å². The first kappa shape index (κ1) is 23.6. The van der Waals surface area contributed by atoms with Crippen LogP contribution in [0.4, 0.5) is 5.82 Å². The smallest absolute Gasteiger partial charge is 0.245 e. The van der Waals surface area contributed by atoms with Crippen LogP contribution in [-0.4, -0.2) is 39.6 Å². The number of aromatic nitrogens is 2. The van der Waals surface area contributed by atoms with Crippen LogP contribution < -0.4 is 5.32 Å². The van der Waals surface area contributed by atoms with Crippen molar-refractivity contribution in [3.8, 4) is 5.69 Å². The first-order valence-corrected chi connectivity index (χ1v) is 11.0. The molecule has 0 saturated carbocycles. The van der Waals surface area contributed by atoms with Gasteiger partial charge in [-0.1, -0.05) is 65.2 Å². The second-order valence-corrected chi connectivity index (χ2v) is 8.68. The van der Waals surface area contributed by atoms with Gasteiger partial charge in [-0.25, -0.2) is 4.68 Å². The molecule has 2 amide bonds. The Kier molecular flexibility index (Phi) is 8.63. The monoisotopic (exact) mass is 412 g/mol. The summed E-state index contributed by atoms with van der Waals surface area (Å²) in [5, 5.41) is 7.68. The Hall–Kier alpha value is -2.63. The maximum atomic E-state index is 12.8. The molecule has 0 aliphatic rings. The lowest BCUT2D eigenvalue weighted by Gasteiger charge is -2.20. The summed E-state index contributed by atoms with van der Waals surface area (Å²) in [6.07, 6.45) is 4.70. The number of benzene rings is 1. The predicted octanol–water partition coefficient (Wildman–Crippen LogP) is 4.93. The van der Waals surface area contributed by atoms with E-state index in [0.717, 1.165) is 37.1 Å². The minimum absolute atomic E-state index is 0.0377. The summed E-state index contributed by atoms with van der Waals surface area (Å²) in [5.74, 6) is 0.439. The zero-order valence-corrected chi connectivity index (χ0v) is 19.1. The molecule has 164 valence electrons. The second kappa shape index (κ2) is 11.0. The fourth-order valence-electron chi connectivity index (χ4n) is 3.20. The molecule has 0 spiro atoms. The topological polar surface area (TPSA) is 67.2 Å². The van der Waals surface area contributed by atoms with Crippen molar-refractivity contribution in [1.29, 1.82) is 0 Å². The molecule has 0 unspecified atom stereocenters. The van der Waals surface area contributed by atoms with Crippen molar-refractivity contribution >= 4 is 17.6 Å². The molecule has 0 aliphatic heterocycles. The number of carbonyl (C=O) groups is 2. The Balaban J connectivity index is 2.11. The van der Waals surface area contributed by atoms with E-state index in [0.29, 0.717) is 18.8 Å². The van der Waals surface area contributed by atoms with E-state index in [4.69, 9.17) is 5.10 Å². The molecule has 1 aromatic carbocycles. The minimum Gasteiger partial charge on any atom is -0.334 e. The third kappa shape index (κ3) is 6.71. The van der Waals surface area contributed by atoms with Crippen molar-refractivity contribution in [1.82, 2.24) is 14.7 Å². The summed E-state index contributed by atoms with van der Waals surface area (Å²) in [5.41, 5.74) is 1.62. The molecule has 30 heavy (non-hydrogen) atoms. The number of anilines is 1. The Labute approximate surface area is 180 Å². The highest BCUT2D eigenvalue weighted by atomic mass is 16.2. The van der Waals surface area contributed by atoms with E-state index in [1.807, 2.05) is 43.3 Å². The summed E-state index contributed by atoms with van der Waals surface area (Å²) in [7, 11) is 0. The molecular weight excluding hydrogens is 376 g/mol. The van der Waals surface area contributed by atoms with Gasteiger partial charge in [-0.05, 0) is 25.5 Å². The average Bonchev–Trinajstić information content (AvgIpc) is 3.14. The Morgan fingerprint density at radius 2 is 1.77 bits per heavy atom. The molecule has 0 radical (unpaired) electrons. The molecule has 6 heteroatoms. The SMILES string of the molecule is CCCCCCC(=O)N(CC)CC(=O)Nc1cc(C(C)(C)C)nn1-c1ccccc1. The van der Waals surface area contributed by atoms with Gasteiger partial charge in [0.15, 0.2) is 0 Å². The zero-order valence-electron chi connectivity index (χ0n) is 19.1. The molecule has 0 bridgehead atoms. The van der Waals surface area contributed by atoms with Crippen LogP contribution in [0, 0.1) is 0 Å². The molecule has 6 nitrogen and oxygen atoms in total. The fraction of sp³-hybridized carbons (Fsp3) is 0.542. The van der Waals surface area contributed by atoms with Crippen molar-refractivity contribution in [3.05, 3.63) is 42.1 Å². The van der Waals surface area contributed by atoms with Gasteiger partial charge in [-0.15, -0.1) is 0 Å². The number of unbranched alkanes of at least 4 members (excludes halogenated alkanes) is 3. The van der Waals surface area contributed by atoms with E-state index >= 15 is 0 Å². The number of carbonyl (C=O) groups excluding carboxylic acids is 2. The van der Waals surface area contributed by atoms with Crippen molar-refractivity contribution in [2.45, 2.75) is 72.1 Å². The Morgan fingerprint density at radius 1 is 1.07 bits per heavy atom. The van der Waals surface area contributed by atoms with Gasteiger partial charge in [-0.2, -0.15) is 5.10 Å². The van der Waals surface area contributed by atoms with Crippen LogP contribution in [0.25, 0.3) is 5.69 Å². The maximum Gasteiger partial charge on any atom is 0.245 e. The third-order valence-electron chi connectivity index (χ3n) is 5.06. The lowest BCUT2D eigenvalue weighted by molar-refractivity contribution is -0.134. The lowest BCUT2D eigenvalue weighted by atomic mass is 9.92. The van der Waals surface area contributed by atoms with E-state index < -0.39 is 0 Å². The first-order chi connectivity index (χ1) is 14.3. The summed E-state index contributed by atoms with van der Waals surface area (Å²) in [6, 6.07) is 11.6. The highest BCUT2D eigenvalue weighted by Gasteiger charge is 2.22. The van der Waals surface area contributed by atoms with Gasteiger partial charge in [0, 0.05) is 24.4 Å². The van der Waals surface area contributed by atoms with Gasteiger partial charge in [-0.3, -0.25) is 9.59 Å². The van der Waals surface area contributed by atoms with E-state index in [1.165, 1.54) is 0 Å².